The van der Waals surface area contributed by atoms with E-state index in [0.717, 1.165) is 19.3 Å². The van der Waals surface area contributed by atoms with Gasteiger partial charge in [-0.25, -0.2) is 4.79 Å². The molecular formula is C15H23N3O3. The van der Waals surface area contributed by atoms with E-state index in [-0.39, 0.29) is 30.0 Å². The summed E-state index contributed by atoms with van der Waals surface area (Å²) >= 11 is 0. The summed E-state index contributed by atoms with van der Waals surface area (Å²) in [7, 11) is 0. The number of carbonyl (C=O) groups excluding carboxylic acids is 1. The Kier molecular flexibility index (Phi) is 6.81. The number of nitrogens with zero attached hydrogens (tertiary/aromatic N) is 1. The fourth-order valence-corrected chi connectivity index (χ4v) is 1.94. The summed E-state index contributed by atoms with van der Waals surface area (Å²) < 4.78 is 0. The van der Waals surface area contributed by atoms with Gasteiger partial charge in [-0.2, -0.15) is 0 Å². The van der Waals surface area contributed by atoms with Gasteiger partial charge in [-0.05, 0) is 31.9 Å². The molecule has 1 aromatic heterocycles. The van der Waals surface area contributed by atoms with Gasteiger partial charge < -0.3 is 16.2 Å². The average Bonchev–Trinajstić information content (AvgIpc) is 2.44. The van der Waals surface area contributed by atoms with E-state index < -0.39 is 5.97 Å². The Labute approximate surface area is 124 Å². The Morgan fingerprint density at radius 1 is 1.38 bits per heavy atom. The van der Waals surface area contributed by atoms with Crippen LogP contribution in [0.15, 0.2) is 18.3 Å². The molecule has 6 heteroatoms. The van der Waals surface area contributed by atoms with Crippen molar-refractivity contribution in [1.29, 1.82) is 0 Å². The van der Waals surface area contributed by atoms with Gasteiger partial charge in [-0.1, -0.05) is 13.3 Å². The average molecular weight is 293 g/mol. The highest BCUT2D eigenvalue weighted by molar-refractivity contribution is 5.87. The zero-order chi connectivity index (χ0) is 15.8. The van der Waals surface area contributed by atoms with Crippen LogP contribution in [0.3, 0.4) is 0 Å². The number of amides is 1. The molecule has 6 nitrogen and oxygen atoms in total. The van der Waals surface area contributed by atoms with Crippen molar-refractivity contribution in [3.05, 3.63) is 29.6 Å². The second kappa shape index (κ2) is 8.36. The molecule has 0 aliphatic heterocycles. The molecule has 0 spiro atoms. The predicted molar refractivity (Wildman–Crippen MR) is 79.7 cm³/mol. The van der Waals surface area contributed by atoms with Crippen LogP contribution in [0.2, 0.25) is 0 Å². The maximum absolute atomic E-state index is 11.9. The van der Waals surface area contributed by atoms with Crippen LogP contribution in [0, 0.1) is 5.92 Å². The molecule has 0 aliphatic rings. The highest BCUT2D eigenvalue weighted by atomic mass is 16.4. The Hall–Kier alpha value is -1.95. The van der Waals surface area contributed by atoms with Crippen molar-refractivity contribution < 1.29 is 14.7 Å². The largest absolute Gasteiger partial charge is 0.478 e. The van der Waals surface area contributed by atoms with E-state index in [1.165, 1.54) is 18.3 Å². The number of carbonyl (C=O) groups is 2. The SMILES string of the molecule is CC(N)CCCC(C)C(=O)NCc1cc(C(=O)O)ccn1. The molecule has 0 aromatic carbocycles. The predicted octanol–water partition coefficient (Wildman–Crippen LogP) is 1.55. The highest BCUT2D eigenvalue weighted by Crippen LogP contribution is 2.09. The molecule has 0 saturated carbocycles. The fraction of sp³-hybridized carbons (Fsp3) is 0.533. The third-order valence-electron chi connectivity index (χ3n) is 3.25. The Bertz CT molecular complexity index is 489. The third kappa shape index (κ3) is 6.35. The van der Waals surface area contributed by atoms with Gasteiger partial charge in [0.25, 0.3) is 0 Å². The van der Waals surface area contributed by atoms with Gasteiger partial charge in [-0.3, -0.25) is 9.78 Å². The van der Waals surface area contributed by atoms with Crippen LogP contribution in [-0.4, -0.2) is 28.0 Å². The smallest absolute Gasteiger partial charge is 0.335 e. The fourth-order valence-electron chi connectivity index (χ4n) is 1.94. The van der Waals surface area contributed by atoms with Crippen molar-refractivity contribution in [1.82, 2.24) is 10.3 Å². The minimum absolute atomic E-state index is 0.0535. The van der Waals surface area contributed by atoms with E-state index in [1.54, 1.807) is 0 Å². The first-order valence-electron chi connectivity index (χ1n) is 7.11. The van der Waals surface area contributed by atoms with Crippen LogP contribution in [0.1, 0.15) is 49.2 Å². The summed E-state index contributed by atoms with van der Waals surface area (Å²) in [6, 6.07) is 3.04. The maximum Gasteiger partial charge on any atom is 0.335 e. The molecule has 0 radical (unpaired) electrons. The first-order valence-corrected chi connectivity index (χ1v) is 7.11. The zero-order valence-electron chi connectivity index (χ0n) is 12.5. The van der Waals surface area contributed by atoms with E-state index in [1.807, 2.05) is 13.8 Å². The first-order chi connectivity index (χ1) is 9.90. The maximum atomic E-state index is 11.9. The number of rotatable bonds is 8. The normalized spacial score (nSPS) is 13.5. The highest BCUT2D eigenvalue weighted by Gasteiger charge is 2.13. The van der Waals surface area contributed by atoms with E-state index in [0.29, 0.717) is 5.69 Å². The first kappa shape index (κ1) is 17.1. The summed E-state index contributed by atoms with van der Waals surface area (Å²) in [6.07, 6.45) is 4.03. The molecular weight excluding hydrogens is 270 g/mol. The molecule has 0 saturated heterocycles. The summed E-state index contributed by atoms with van der Waals surface area (Å²) in [4.78, 5) is 26.8. The van der Waals surface area contributed by atoms with Gasteiger partial charge in [0, 0.05) is 18.2 Å². The van der Waals surface area contributed by atoms with Gasteiger partial charge in [0.2, 0.25) is 5.91 Å². The number of pyridine rings is 1. The van der Waals surface area contributed by atoms with Crippen LogP contribution in [0.4, 0.5) is 0 Å². The summed E-state index contributed by atoms with van der Waals surface area (Å²) in [5, 5.41) is 11.7. The number of aromatic carboxylic acids is 1. The van der Waals surface area contributed by atoms with Crippen molar-refractivity contribution in [3.8, 4) is 0 Å². The molecule has 0 fully saturated rings. The molecule has 116 valence electrons. The van der Waals surface area contributed by atoms with Crippen LogP contribution < -0.4 is 11.1 Å². The summed E-state index contributed by atoms with van der Waals surface area (Å²) in [6.45, 7) is 4.06. The number of nitrogens with two attached hydrogens (primary N) is 1. The standard InChI is InChI=1S/C15H23N3O3/c1-10(4-3-5-11(2)16)14(19)18-9-13-8-12(15(20)21)6-7-17-13/h6-8,10-11H,3-5,9,16H2,1-2H3,(H,18,19)(H,20,21). The monoisotopic (exact) mass is 293 g/mol. The van der Waals surface area contributed by atoms with Gasteiger partial charge in [0.05, 0.1) is 17.8 Å². The van der Waals surface area contributed by atoms with E-state index in [2.05, 4.69) is 10.3 Å². The molecule has 1 amide bonds. The number of aromatic nitrogens is 1. The van der Waals surface area contributed by atoms with Crippen molar-refractivity contribution in [2.24, 2.45) is 11.7 Å². The lowest BCUT2D eigenvalue weighted by molar-refractivity contribution is -0.124. The molecule has 1 aromatic rings. The lowest BCUT2D eigenvalue weighted by atomic mass is 10.0. The Balaban J connectivity index is 2.41. The van der Waals surface area contributed by atoms with Gasteiger partial charge in [-0.15, -0.1) is 0 Å². The van der Waals surface area contributed by atoms with Gasteiger partial charge in [0.1, 0.15) is 0 Å². The van der Waals surface area contributed by atoms with Gasteiger partial charge >= 0.3 is 5.97 Å². The third-order valence-corrected chi connectivity index (χ3v) is 3.25. The van der Waals surface area contributed by atoms with Gasteiger partial charge in [0.15, 0.2) is 0 Å². The van der Waals surface area contributed by atoms with Crippen molar-refractivity contribution >= 4 is 11.9 Å². The van der Waals surface area contributed by atoms with Crippen LogP contribution in [-0.2, 0) is 11.3 Å². The minimum Gasteiger partial charge on any atom is -0.478 e. The molecule has 1 heterocycles. The number of nitrogens with one attached hydrogen (secondary N) is 1. The Morgan fingerprint density at radius 3 is 2.71 bits per heavy atom. The molecule has 2 atom stereocenters. The Morgan fingerprint density at radius 2 is 2.10 bits per heavy atom. The second-order valence-electron chi connectivity index (χ2n) is 5.37. The molecule has 0 aliphatic carbocycles. The lowest BCUT2D eigenvalue weighted by Crippen LogP contribution is -2.29. The topological polar surface area (TPSA) is 105 Å². The number of hydrogen-bond donors (Lipinski definition) is 3. The molecule has 1 rings (SSSR count). The summed E-state index contributed by atoms with van der Waals surface area (Å²) in [5.41, 5.74) is 6.37. The van der Waals surface area contributed by atoms with Crippen LogP contribution in [0.25, 0.3) is 0 Å². The summed E-state index contributed by atoms with van der Waals surface area (Å²) in [5.74, 6) is -1.15. The van der Waals surface area contributed by atoms with Crippen LogP contribution >= 0.6 is 0 Å². The number of carboxylic acids is 1. The molecule has 21 heavy (non-hydrogen) atoms. The quantitative estimate of drug-likeness (QED) is 0.674. The van der Waals surface area contributed by atoms with E-state index in [4.69, 9.17) is 10.8 Å². The number of hydrogen-bond acceptors (Lipinski definition) is 4. The zero-order valence-corrected chi connectivity index (χ0v) is 12.5. The van der Waals surface area contributed by atoms with Crippen molar-refractivity contribution in [2.75, 3.05) is 0 Å². The van der Waals surface area contributed by atoms with Crippen LogP contribution in [0.5, 0.6) is 0 Å². The second-order valence-corrected chi connectivity index (χ2v) is 5.37. The van der Waals surface area contributed by atoms with E-state index in [9.17, 15) is 9.59 Å². The van der Waals surface area contributed by atoms with Crippen molar-refractivity contribution in [2.45, 2.75) is 45.7 Å². The van der Waals surface area contributed by atoms with Crippen molar-refractivity contribution in [3.63, 3.8) is 0 Å². The minimum atomic E-state index is -1.01. The van der Waals surface area contributed by atoms with E-state index >= 15 is 0 Å². The lowest BCUT2D eigenvalue weighted by Gasteiger charge is -2.12. The molecule has 0 bridgehead atoms. The number of carboxylic acid groups (broad SMARTS) is 1. The molecule has 4 N–H and O–H groups in total. The molecule has 2 unspecified atom stereocenters.